The minimum absolute atomic E-state index is 0.314. The topological polar surface area (TPSA) is 45.2 Å². The van der Waals surface area contributed by atoms with Crippen LogP contribution in [0.5, 0.6) is 0 Å². The number of anilines is 1. The third-order valence-corrected chi connectivity index (χ3v) is 4.17. The van der Waals surface area contributed by atoms with Gasteiger partial charge in [0, 0.05) is 19.3 Å². The lowest BCUT2D eigenvalue weighted by molar-refractivity contribution is 0.199. The molecule has 0 amide bonds. The van der Waals surface area contributed by atoms with Crippen molar-refractivity contribution in [2.45, 2.75) is 26.2 Å². The van der Waals surface area contributed by atoms with Crippen molar-refractivity contribution >= 4 is 21.7 Å². The molecule has 0 spiro atoms. The van der Waals surface area contributed by atoms with Crippen molar-refractivity contribution in [3.63, 3.8) is 0 Å². The van der Waals surface area contributed by atoms with Crippen molar-refractivity contribution in [3.05, 3.63) is 22.3 Å². The summed E-state index contributed by atoms with van der Waals surface area (Å²) in [6.45, 7) is 3.25. The summed E-state index contributed by atoms with van der Waals surface area (Å²) in [4.78, 5) is 4.37. The van der Waals surface area contributed by atoms with Crippen LogP contribution in [-0.2, 0) is 0 Å². The minimum Gasteiger partial charge on any atom is -0.396 e. The highest BCUT2D eigenvalue weighted by atomic mass is 79.9. The number of hydrogen-bond donors (Lipinski definition) is 2. The predicted molar refractivity (Wildman–Crippen MR) is 73.1 cm³/mol. The fourth-order valence-corrected chi connectivity index (χ4v) is 3.12. The molecule has 2 N–H and O–H groups in total. The molecule has 1 aliphatic rings. The summed E-state index contributed by atoms with van der Waals surface area (Å²) < 4.78 is 1.01. The highest BCUT2D eigenvalue weighted by Gasteiger charge is 2.26. The van der Waals surface area contributed by atoms with Crippen LogP contribution in [-0.4, -0.2) is 23.2 Å². The Morgan fingerprint density at radius 2 is 2.24 bits per heavy atom. The molecule has 1 aromatic rings. The Labute approximate surface area is 111 Å². The molecule has 0 aromatic carbocycles. The molecule has 1 fully saturated rings. The van der Waals surface area contributed by atoms with Crippen molar-refractivity contribution in [1.29, 1.82) is 0 Å². The number of aromatic nitrogens is 1. The number of nitrogens with one attached hydrogen (secondary N) is 1. The predicted octanol–water partition coefficient (Wildman–Crippen LogP) is 2.97. The average molecular weight is 299 g/mol. The highest BCUT2D eigenvalue weighted by Crippen LogP contribution is 2.31. The van der Waals surface area contributed by atoms with Crippen molar-refractivity contribution in [2.75, 3.05) is 18.5 Å². The SMILES string of the molecule is Cc1cnc(NCC2CCCC2CO)c(Br)c1. The third-order valence-electron chi connectivity index (χ3n) is 3.56. The monoisotopic (exact) mass is 298 g/mol. The number of hydrogen-bond acceptors (Lipinski definition) is 3. The highest BCUT2D eigenvalue weighted by molar-refractivity contribution is 9.10. The first-order valence-electron chi connectivity index (χ1n) is 6.17. The second-order valence-corrected chi connectivity index (χ2v) is 5.71. The van der Waals surface area contributed by atoms with Crippen molar-refractivity contribution in [3.8, 4) is 0 Å². The molecule has 0 radical (unpaired) electrons. The molecule has 1 aromatic heterocycles. The maximum atomic E-state index is 9.27. The van der Waals surface area contributed by atoms with Crippen LogP contribution in [0.3, 0.4) is 0 Å². The summed E-state index contributed by atoms with van der Waals surface area (Å²) in [6, 6.07) is 2.06. The van der Waals surface area contributed by atoms with Crippen molar-refractivity contribution < 1.29 is 5.11 Å². The largest absolute Gasteiger partial charge is 0.396 e. The molecule has 2 atom stereocenters. The van der Waals surface area contributed by atoms with Gasteiger partial charge in [-0.05, 0) is 59.2 Å². The Morgan fingerprint density at radius 3 is 2.94 bits per heavy atom. The van der Waals surface area contributed by atoms with Crippen LogP contribution >= 0.6 is 15.9 Å². The van der Waals surface area contributed by atoms with Crippen LogP contribution < -0.4 is 5.32 Å². The smallest absolute Gasteiger partial charge is 0.140 e. The lowest BCUT2D eigenvalue weighted by atomic mass is 9.97. The first kappa shape index (κ1) is 12.8. The van der Waals surface area contributed by atoms with Crippen LogP contribution in [0.15, 0.2) is 16.7 Å². The first-order valence-corrected chi connectivity index (χ1v) is 6.97. The Hall–Kier alpha value is -0.610. The van der Waals surface area contributed by atoms with Gasteiger partial charge < -0.3 is 10.4 Å². The second-order valence-electron chi connectivity index (χ2n) is 4.86. The van der Waals surface area contributed by atoms with Gasteiger partial charge in [0.2, 0.25) is 0 Å². The summed E-state index contributed by atoms with van der Waals surface area (Å²) >= 11 is 3.51. The zero-order chi connectivity index (χ0) is 12.3. The van der Waals surface area contributed by atoms with Crippen LogP contribution in [0.4, 0.5) is 5.82 Å². The van der Waals surface area contributed by atoms with Gasteiger partial charge in [-0.15, -0.1) is 0 Å². The van der Waals surface area contributed by atoms with E-state index in [0.717, 1.165) is 28.8 Å². The zero-order valence-electron chi connectivity index (χ0n) is 10.1. The molecule has 1 saturated carbocycles. The number of halogens is 1. The minimum atomic E-state index is 0.314. The van der Waals surface area contributed by atoms with Gasteiger partial charge in [-0.3, -0.25) is 0 Å². The molecule has 3 nitrogen and oxygen atoms in total. The molecule has 0 bridgehead atoms. The van der Waals surface area contributed by atoms with Crippen LogP contribution in [0.2, 0.25) is 0 Å². The molecule has 2 unspecified atom stereocenters. The van der Waals surface area contributed by atoms with Gasteiger partial charge in [0.15, 0.2) is 0 Å². The van der Waals surface area contributed by atoms with E-state index >= 15 is 0 Å². The third kappa shape index (κ3) is 3.19. The molecule has 17 heavy (non-hydrogen) atoms. The number of aryl methyl sites for hydroxylation is 1. The van der Waals surface area contributed by atoms with E-state index in [0.29, 0.717) is 18.4 Å². The standard InChI is InChI=1S/C13H19BrN2O/c1-9-5-12(14)13(15-6-9)16-7-10-3-2-4-11(10)8-17/h5-6,10-11,17H,2-4,7-8H2,1H3,(H,15,16). The molecule has 0 saturated heterocycles. The van der Waals surface area contributed by atoms with Gasteiger partial charge in [-0.2, -0.15) is 0 Å². The number of aliphatic hydroxyl groups excluding tert-OH is 1. The van der Waals surface area contributed by atoms with Gasteiger partial charge in [0.25, 0.3) is 0 Å². The second kappa shape index (κ2) is 5.83. The lowest BCUT2D eigenvalue weighted by Gasteiger charge is -2.18. The van der Waals surface area contributed by atoms with E-state index in [1.54, 1.807) is 0 Å². The quantitative estimate of drug-likeness (QED) is 0.898. The molecular formula is C13H19BrN2O. The Morgan fingerprint density at radius 1 is 1.47 bits per heavy atom. The molecule has 4 heteroatoms. The Bertz CT molecular complexity index is 384. The summed E-state index contributed by atoms with van der Waals surface area (Å²) in [5, 5.41) is 12.6. The van der Waals surface area contributed by atoms with E-state index in [9.17, 15) is 5.11 Å². The molecule has 1 aliphatic carbocycles. The van der Waals surface area contributed by atoms with E-state index in [2.05, 4.69) is 32.3 Å². The molecule has 1 heterocycles. The number of rotatable bonds is 4. The van der Waals surface area contributed by atoms with E-state index in [1.165, 1.54) is 12.8 Å². The van der Waals surface area contributed by atoms with E-state index in [4.69, 9.17) is 0 Å². The molecule has 0 aliphatic heterocycles. The number of nitrogens with zero attached hydrogens (tertiary/aromatic N) is 1. The van der Waals surface area contributed by atoms with E-state index in [1.807, 2.05) is 13.1 Å². The summed E-state index contributed by atoms with van der Waals surface area (Å²) in [5.41, 5.74) is 1.15. The maximum absolute atomic E-state index is 9.27. The lowest BCUT2D eigenvalue weighted by Crippen LogP contribution is -2.21. The Kier molecular flexibility index (Phi) is 4.40. The fraction of sp³-hybridized carbons (Fsp3) is 0.615. The maximum Gasteiger partial charge on any atom is 0.140 e. The van der Waals surface area contributed by atoms with Gasteiger partial charge >= 0.3 is 0 Å². The van der Waals surface area contributed by atoms with Gasteiger partial charge in [-0.25, -0.2) is 4.98 Å². The van der Waals surface area contributed by atoms with Gasteiger partial charge in [-0.1, -0.05) is 6.42 Å². The number of pyridine rings is 1. The number of aliphatic hydroxyl groups is 1. The van der Waals surface area contributed by atoms with Gasteiger partial charge in [0.05, 0.1) is 4.47 Å². The zero-order valence-corrected chi connectivity index (χ0v) is 11.7. The normalized spacial score (nSPS) is 23.9. The molecule has 94 valence electrons. The summed E-state index contributed by atoms with van der Waals surface area (Å²) in [6.07, 6.45) is 5.47. The average Bonchev–Trinajstić information content (AvgIpc) is 2.75. The van der Waals surface area contributed by atoms with Crippen LogP contribution in [0, 0.1) is 18.8 Å². The van der Waals surface area contributed by atoms with Gasteiger partial charge in [0.1, 0.15) is 5.82 Å². The fourth-order valence-electron chi connectivity index (χ4n) is 2.51. The summed E-state index contributed by atoms with van der Waals surface area (Å²) in [7, 11) is 0. The molecule has 2 rings (SSSR count). The van der Waals surface area contributed by atoms with E-state index < -0.39 is 0 Å². The van der Waals surface area contributed by atoms with Crippen LogP contribution in [0.25, 0.3) is 0 Å². The van der Waals surface area contributed by atoms with Crippen molar-refractivity contribution in [1.82, 2.24) is 4.98 Å². The van der Waals surface area contributed by atoms with Crippen molar-refractivity contribution in [2.24, 2.45) is 11.8 Å². The van der Waals surface area contributed by atoms with E-state index in [-0.39, 0.29) is 0 Å². The Balaban J connectivity index is 1.93. The summed E-state index contributed by atoms with van der Waals surface area (Å²) in [5.74, 6) is 1.95. The van der Waals surface area contributed by atoms with Crippen LogP contribution in [0.1, 0.15) is 24.8 Å². The molecular weight excluding hydrogens is 280 g/mol. The first-order chi connectivity index (χ1) is 8.20.